The van der Waals surface area contributed by atoms with Crippen molar-refractivity contribution in [3.63, 3.8) is 0 Å². The van der Waals surface area contributed by atoms with Gasteiger partial charge in [-0.1, -0.05) is 19.9 Å². The van der Waals surface area contributed by atoms with Gasteiger partial charge in [0.1, 0.15) is 11.3 Å². The standard InChI is InChI=1S/C18H24N2O4/c1-12(2)18(5,11-19)20-16(21)9-24-17(22)10-23-15-7-13(3)6-14(4)8-15/h6-8,12H,9-10H2,1-5H3,(H,20,21)/t18-/m1/s1. The Bertz CT molecular complexity index is 629. The molecule has 1 N–H and O–H groups in total. The molecule has 1 aromatic carbocycles. The number of benzene rings is 1. The molecular weight excluding hydrogens is 308 g/mol. The van der Waals surface area contributed by atoms with Crippen molar-refractivity contribution >= 4 is 11.9 Å². The van der Waals surface area contributed by atoms with Crippen molar-refractivity contribution in [1.29, 1.82) is 5.26 Å². The van der Waals surface area contributed by atoms with Crippen LogP contribution in [0.5, 0.6) is 5.75 Å². The van der Waals surface area contributed by atoms with E-state index < -0.39 is 24.0 Å². The molecule has 0 heterocycles. The van der Waals surface area contributed by atoms with Gasteiger partial charge < -0.3 is 14.8 Å². The fourth-order valence-electron chi connectivity index (χ4n) is 1.97. The number of amides is 1. The first kappa shape index (κ1) is 19.5. The zero-order valence-electron chi connectivity index (χ0n) is 14.8. The zero-order chi connectivity index (χ0) is 18.3. The molecule has 0 radical (unpaired) electrons. The van der Waals surface area contributed by atoms with Gasteiger partial charge in [0.05, 0.1) is 6.07 Å². The molecule has 1 rings (SSSR count). The molecule has 0 saturated carbocycles. The van der Waals surface area contributed by atoms with Crippen LogP contribution >= 0.6 is 0 Å². The Morgan fingerprint density at radius 2 is 1.79 bits per heavy atom. The van der Waals surface area contributed by atoms with E-state index in [4.69, 9.17) is 14.7 Å². The number of nitrogens with zero attached hydrogens (tertiary/aromatic N) is 1. The van der Waals surface area contributed by atoms with Crippen molar-refractivity contribution in [1.82, 2.24) is 5.32 Å². The number of rotatable bonds is 7. The molecule has 0 aliphatic rings. The summed E-state index contributed by atoms with van der Waals surface area (Å²) in [6.07, 6.45) is 0. The summed E-state index contributed by atoms with van der Waals surface area (Å²) in [4.78, 5) is 23.5. The van der Waals surface area contributed by atoms with Gasteiger partial charge >= 0.3 is 5.97 Å². The molecule has 0 unspecified atom stereocenters. The van der Waals surface area contributed by atoms with Crippen LogP contribution in [0.1, 0.15) is 31.9 Å². The third-order valence-electron chi connectivity index (χ3n) is 3.70. The number of carbonyl (C=O) groups is 2. The van der Waals surface area contributed by atoms with Crippen molar-refractivity contribution in [2.75, 3.05) is 13.2 Å². The Kier molecular flexibility index (Phi) is 6.78. The van der Waals surface area contributed by atoms with E-state index in [1.165, 1.54) is 0 Å². The van der Waals surface area contributed by atoms with Gasteiger partial charge in [-0.25, -0.2) is 4.79 Å². The minimum atomic E-state index is -1.00. The Morgan fingerprint density at radius 1 is 1.21 bits per heavy atom. The van der Waals surface area contributed by atoms with Crippen molar-refractivity contribution < 1.29 is 19.1 Å². The predicted octanol–water partition coefficient (Wildman–Crippen LogP) is 2.28. The normalized spacial score (nSPS) is 12.9. The molecule has 6 nitrogen and oxygen atoms in total. The Balaban J connectivity index is 2.43. The van der Waals surface area contributed by atoms with Crippen LogP contribution < -0.4 is 10.1 Å². The van der Waals surface area contributed by atoms with Crippen LogP contribution in [0.25, 0.3) is 0 Å². The highest BCUT2D eigenvalue weighted by molar-refractivity contribution is 5.81. The molecule has 0 aliphatic carbocycles. The highest BCUT2D eigenvalue weighted by Crippen LogP contribution is 2.16. The van der Waals surface area contributed by atoms with E-state index in [9.17, 15) is 9.59 Å². The second-order valence-corrected chi connectivity index (χ2v) is 6.29. The summed E-state index contributed by atoms with van der Waals surface area (Å²) in [7, 11) is 0. The van der Waals surface area contributed by atoms with Gasteiger partial charge in [0.25, 0.3) is 5.91 Å². The summed E-state index contributed by atoms with van der Waals surface area (Å²) >= 11 is 0. The molecule has 0 spiro atoms. The summed E-state index contributed by atoms with van der Waals surface area (Å²) in [5.74, 6) is -0.666. The number of esters is 1. The van der Waals surface area contributed by atoms with Gasteiger partial charge in [-0.2, -0.15) is 5.26 Å². The molecule has 0 aromatic heterocycles. The van der Waals surface area contributed by atoms with Crippen LogP contribution in [-0.4, -0.2) is 30.6 Å². The average molecular weight is 332 g/mol. The van der Waals surface area contributed by atoms with E-state index in [2.05, 4.69) is 11.4 Å². The maximum Gasteiger partial charge on any atom is 0.344 e. The number of carbonyl (C=O) groups excluding carboxylic acids is 2. The Labute approximate surface area is 142 Å². The van der Waals surface area contributed by atoms with E-state index in [1.807, 2.05) is 45.9 Å². The number of aryl methyl sites for hydroxylation is 2. The lowest BCUT2D eigenvalue weighted by Gasteiger charge is -2.27. The molecule has 1 aromatic rings. The van der Waals surface area contributed by atoms with Crippen LogP contribution in [0.3, 0.4) is 0 Å². The number of nitriles is 1. The largest absolute Gasteiger partial charge is 0.482 e. The van der Waals surface area contributed by atoms with Gasteiger partial charge in [0, 0.05) is 0 Å². The van der Waals surface area contributed by atoms with Crippen LogP contribution in [0, 0.1) is 31.1 Å². The van der Waals surface area contributed by atoms with Crippen LogP contribution in [0.4, 0.5) is 0 Å². The molecule has 24 heavy (non-hydrogen) atoms. The molecular formula is C18H24N2O4. The zero-order valence-corrected chi connectivity index (χ0v) is 14.8. The summed E-state index contributed by atoms with van der Waals surface area (Å²) in [5, 5.41) is 11.7. The fourth-order valence-corrected chi connectivity index (χ4v) is 1.97. The van der Waals surface area contributed by atoms with Crippen molar-refractivity contribution in [3.05, 3.63) is 29.3 Å². The third-order valence-corrected chi connectivity index (χ3v) is 3.70. The lowest BCUT2D eigenvalue weighted by molar-refractivity contribution is -0.150. The Hall–Kier alpha value is -2.55. The monoisotopic (exact) mass is 332 g/mol. The number of nitrogens with one attached hydrogen (secondary N) is 1. The summed E-state index contributed by atoms with van der Waals surface area (Å²) in [6.45, 7) is 8.42. The van der Waals surface area contributed by atoms with E-state index in [-0.39, 0.29) is 12.5 Å². The maximum atomic E-state index is 11.8. The van der Waals surface area contributed by atoms with E-state index in [0.29, 0.717) is 5.75 Å². The van der Waals surface area contributed by atoms with Gasteiger partial charge in [0.2, 0.25) is 0 Å². The molecule has 0 fully saturated rings. The topological polar surface area (TPSA) is 88.4 Å². The first-order chi connectivity index (χ1) is 11.2. The second kappa shape index (κ2) is 8.34. The molecule has 1 atom stereocenters. The second-order valence-electron chi connectivity index (χ2n) is 6.29. The highest BCUT2D eigenvalue weighted by Gasteiger charge is 2.30. The maximum absolute atomic E-state index is 11.8. The summed E-state index contributed by atoms with van der Waals surface area (Å²) in [5.41, 5.74) is 1.06. The van der Waals surface area contributed by atoms with Crippen molar-refractivity contribution in [3.8, 4) is 11.8 Å². The van der Waals surface area contributed by atoms with Crippen LogP contribution in [0.2, 0.25) is 0 Å². The van der Waals surface area contributed by atoms with Crippen molar-refractivity contribution in [2.45, 2.75) is 40.2 Å². The van der Waals surface area contributed by atoms with Crippen LogP contribution in [0.15, 0.2) is 18.2 Å². The van der Waals surface area contributed by atoms with Crippen molar-refractivity contribution in [2.24, 2.45) is 5.92 Å². The van der Waals surface area contributed by atoms with Gasteiger partial charge in [-0.05, 0) is 49.9 Å². The SMILES string of the molecule is Cc1cc(C)cc(OCC(=O)OCC(=O)N[C@](C)(C#N)C(C)C)c1. The highest BCUT2D eigenvalue weighted by atomic mass is 16.6. The first-order valence-electron chi connectivity index (χ1n) is 7.75. The predicted molar refractivity (Wildman–Crippen MR) is 89.4 cm³/mol. The third kappa shape index (κ3) is 5.92. The van der Waals surface area contributed by atoms with E-state index in [0.717, 1.165) is 11.1 Å². The number of ether oxygens (including phenoxy) is 2. The minimum absolute atomic E-state index is 0.0740. The minimum Gasteiger partial charge on any atom is -0.482 e. The lowest BCUT2D eigenvalue weighted by atomic mass is 9.90. The fraction of sp³-hybridized carbons (Fsp3) is 0.500. The average Bonchev–Trinajstić information content (AvgIpc) is 2.49. The quantitative estimate of drug-likeness (QED) is 0.774. The van der Waals surface area contributed by atoms with Gasteiger partial charge in [-0.15, -0.1) is 0 Å². The summed E-state index contributed by atoms with van der Waals surface area (Å²) in [6, 6.07) is 7.68. The summed E-state index contributed by atoms with van der Waals surface area (Å²) < 4.78 is 10.2. The van der Waals surface area contributed by atoms with E-state index in [1.54, 1.807) is 6.92 Å². The number of hydrogen-bond acceptors (Lipinski definition) is 5. The molecule has 130 valence electrons. The van der Waals surface area contributed by atoms with E-state index >= 15 is 0 Å². The van der Waals surface area contributed by atoms with Gasteiger partial charge in [-0.3, -0.25) is 4.79 Å². The molecule has 1 amide bonds. The number of hydrogen-bond donors (Lipinski definition) is 1. The molecule has 6 heteroatoms. The lowest BCUT2D eigenvalue weighted by Crippen LogP contribution is -2.50. The molecule has 0 saturated heterocycles. The smallest absolute Gasteiger partial charge is 0.344 e. The molecule has 0 aliphatic heterocycles. The first-order valence-corrected chi connectivity index (χ1v) is 7.75. The van der Waals surface area contributed by atoms with Crippen LogP contribution in [-0.2, 0) is 14.3 Å². The Morgan fingerprint density at radius 3 is 2.29 bits per heavy atom. The molecule has 0 bridgehead atoms. The van der Waals surface area contributed by atoms with Gasteiger partial charge in [0.15, 0.2) is 13.2 Å².